The summed E-state index contributed by atoms with van der Waals surface area (Å²) in [7, 11) is 0. The monoisotopic (exact) mass is 214 g/mol. The fourth-order valence-corrected chi connectivity index (χ4v) is 0.711. The third-order valence-corrected chi connectivity index (χ3v) is 1.16. The van der Waals surface area contributed by atoms with Crippen molar-refractivity contribution in [1.82, 2.24) is 0 Å². The van der Waals surface area contributed by atoms with E-state index in [0.29, 0.717) is 5.57 Å². The van der Waals surface area contributed by atoms with Crippen molar-refractivity contribution in [2.24, 2.45) is 5.41 Å². The van der Waals surface area contributed by atoms with Crippen LogP contribution in [0.1, 0.15) is 27.7 Å². The Labute approximate surface area is 89.9 Å². The van der Waals surface area contributed by atoms with E-state index >= 15 is 0 Å². The number of aliphatic carboxylic acids is 2. The number of hydrogen-bond acceptors (Lipinski definition) is 2. The average molecular weight is 214 g/mol. The largest absolute Gasteiger partial charge is 0.478 e. The number of carbonyl (C=O) groups is 2. The summed E-state index contributed by atoms with van der Waals surface area (Å²) in [6, 6.07) is 0. The average Bonchev–Trinajstić information content (AvgIpc) is 2.02. The number of rotatable bonds is 2. The van der Waals surface area contributed by atoms with Crippen LogP contribution in [-0.2, 0) is 9.59 Å². The van der Waals surface area contributed by atoms with Gasteiger partial charge in [0.2, 0.25) is 0 Å². The first-order chi connectivity index (χ1) is 6.60. The van der Waals surface area contributed by atoms with Crippen LogP contribution >= 0.6 is 0 Å². The van der Waals surface area contributed by atoms with Crippen molar-refractivity contribution in [2.75, 3.05) is 0 Å². The number of allylic oxidation sites excluding steroid dienone is 1. The van der Waals surface area contributed by atoms with Gasteiger partial charge in [0.25, 0.3) is 0 Å². The van der Waals surface area contributed by atoms with E-state index in [-0.39, 0.29) is 5.41 Å². The normalized spacial score (nSPS) is 11.1. The lowest BCUT2D eigenvalue weighted by Crippen LogP contribution is -2.05. The van der Waals surface area contributed by atoms with Crippen LogP contribution in [0.15, 0.2) is 24.3 Å². The summed E-state index contributed by atoms with van der Waals surface area (Å²) in [5.41, 5.74) is 0.371. The van der Waals surface area contributed by atoms with Gasteiger partial charge in [0.05, 0.1) is 0 Å². The van der Waals surface area contributed by atoms with Crippen LogP contribution in [0.3, 0.4) is 0 Å². The maximum atomic E-state index is 10.3. The van der Waals surface area contributed by atoms with E-state index in [0.717, 1.165) is 6.08 Å². The zero-order valence-electron chi connectivity index (χ0n) is 9.57. The summed E-state index contributed by atoms with van der Waals surface area (Å²) < 4.78 is 0. The van der Waals surface area contributed by atoms with Crippen LogP contribution in [0.5, 0.6) is 0 Å². The van der Waals surface area contributed by atoms with E-state index in [1.54, 1.807) is 13.0 Å². The zero-order valence-corrected chi connectivity index (χ0v) is 9.57. The van der Waals surface area contributed by atoms with Crippen molar-refractivity contribution in [3.63, 3.8) is 0 Å². The molecule has 0 fully saturated rings. The zero-order chi connectivity index (χ0) is 12.6. The molecule has 0 radical (unpaired) electrons. The van der Waals surface area contributed by atoms with Crippen LogP contribution in [0.4, 0.5) is 0 Å². The fraction of sp³-hybridized carbons (Fsp3) is 0.455. The number of carboxylic acid groups (broad SMARTS) is 2. The lowest BCUT2D eigenvalue weighted by atomic mass is 9.94. The van der Waals surface area contributed by atoms with Crippen LogP contribution in [-0.4, -0.2) is 22.2 Å². The Morgan fingerprint density at radius 3 is 1.60 bits per heavy atom. The van der Waals surface area contributed by atoms with E-state index in [4.69, 9.17) is 10.2 Å². The molecule has 0 aliphatic rings. The second-order valence-corrected chi connectivity index (χ2v) is 4.04. The molecule has 0 bridgehead atoms. The van der Waals surface area contributed by atoms with Crippen molar-refractivity contribution in [3.8, 4) is 0 Å². The van der Waals surface area contributed by atoms with Crippen molar-refractivity contribution in [1.29, 1.82) is 0 Å². The molecule has 15 heavy (non-hydrogen) atoms. The van der Waals surface area contributed by atoms with Gasteiger partial charge in [-0.1, -0.05) is 33.4 Å². The highest BCUT2D eigenvalue weighted by molar-refractivity contribution is 5.85. The van der Waals surface area contributed by atoms with E-state index in [2.05, 4.69) is 6.58 Å². The molecule has 0 unspecified atom stereocenters. The van der Waals surface area contributed by atoms with Crippen LogP contribution in [0, 0.1) is 5.41 Å². The molecular weight excluding hydrogens is 196 g/mol. The Morgan fingerprint density at radius 1 is 1.20 bits per heavy atom. The SMILES string of the molecule is C=CC(=O)O.CC(=CC(C)(C)C)C(=O)O. The number of hydrogen-bond donors (Lipinski definition) is 2. The van der Waals surface area contributed by atoms with Gasteiger partial charge in [-0.15, -0.1) is 0 Å². The standard InChI is InChI=1S/C8H14O2.C3H4O2/c1-6(7(9)10)5-8(2,3)4;1-2-3(4)5/h5H,1-4H3,(H,9,10);2H,1H2,(H,4,5). The maximum Gasteiger partial charge on any atom is 0.330 e. The minimum atomic E-state index is -0.981. The molecule has 4 heteroatoms. The highest BCUT2D eigenvalue weighted by Gasteiger charge is 2.09. The van der Waals surface area contributed by atoms with Gasteiger partial charge in [-0.2, -0.15) is 0 Å². The Balaban J connectivity index is 0. The fourth-order valence-electron chi connectivity index (χ4n) is 0.711. The third kappa shape index (κ3) is 15.2. The first-order valence-electron chi connectivity index (χ1n) is 4.38. The van der Waals surface area contributed by atoms with E-state index < -0.39 is 11.9 Å². The van der Waals surface area contributed by atoms with Crippen molar-refractivity contribution in [3.05, 3.63) is 24.3 Å². The molecule has 0 aromatic heterocycles. The minimum Gasteiger partial charge on any atom is -0.478 e. The predicted molar refractivity (Wildman–Crippen MR) is 58.7 cm³/mol. The minimum absolute atomic E-state index is 0.0392. The lowest BCUT2D eigenvalue weighted by Gasteiger charge is -2.11. The van der Waals surface area contributed by atoms with Gasteiger partial charge in [-0.05, 0) is 12.3 Å². The summed E-state index contributed by atoms with van der Waals surface area (Å²) in [5.74, 6) is -1.82. The Morgan fingerprint density at radius 2 is 1.53 bits per heavy atom. The molecule has 0 aromatic rings. The predicted octanol–water partition coefficient (Wildman–Crippen LogP) is 2.32. The molecule has 0 aliphatic carbocycles. The molecule has 0 heterocycles. The second kappa shape index (κ2) is 6.81. The van der Waals surface area contributed by atoms with Gasteiger partial charge in [0.15, 0.2) is 0 Å². The van der Waals surface area contributed by atoms with Gasteiger partial charge in [-0.3, -0.25) is 0 Å². The summed E-state index contributed by atoms with van der Waals surface area (Å²) in [6.07, 6.45) is 2.58. The van der Waals surface area contributed by atoms with Crippen molar-refractivity contribution in [2.45, 2.75) is 27.7 Å². The molecule has 4 nitrogen and oxygen atoms in total. The van der Waals surface area contributed by atoms with E-state index in [9.17, 15) is 9.59 Å². The Kier molecular flexibility index (Phi) is 7.21. The molecule has 86 valence electrons. The molecule has 0 rings (SSSR count). The van der Waals surface area contributed by atoms with Crippen molar-refractivity contribution < 1.29 is 19.8 Å². The van der Waals surface area contributed by atoms with Gasteiger partial charge in [0.1, 0.15) is 0 Å². The summed E-state index contributed by atoms with van der Waals surface area (Å²) in [6.45, 7) is 10.5. The Bertz CT molecular complexity index is 269. The smallest absolute Gasteiger partial charge is 0.330 e. The van der Waals surface area contributed by atoms with Crippen molar-refractivity contribution >= 4 is 11.9 Å². The molecule has 2 N–H and O–H groups in total. The van der Waals surface area contributed by atoms with Crippen LogP contribution in [0.2, 0.25) is 0 Å². The van der Waals surface area contributed by atoms with Crippen LogP contribution < -0.4 is 0 Å². The lowest BCUT2D eigenvalue weighted by molar-refractivity contribution is -0.133. The van der Waals surface area contributed by atoms with E-state index in [1.807, 2.05) is 20.8 Å². The highest BCUT2D eigenvalue weighted by atomic mass is 16.4. The second-order valence-electron chi connectivity index (χ2n) is 4.04. The van der Waals surface area contributed by atoms with Gasteiger partial charge in [-0.25, -0.2) is 9.59 Å². The van der Waals surface area contributed by atoms with Gasteiger partial charge >= 0.3 is 11.9 Å². The molecular formula is C11H18O4. The van der Waals surface area contributed by atoms with E-state index in [1.165, 1.54) is 0 Å². The molecule has 0 saturated heterocycles. The summed E-state index contributed by atoms with van der Waals surface area (Å²) in [4.78, 5) is 19.6. The molecule has 0 spiro atoms. The molecule has 0 atom stereocenters. The quantitative estimate of drug-likeness (QED) is 0.692. The van der Waals surface area contributed by atoms with Crippen LogP contribution in [0.25, 0.3) is 0 Å². The first kappa shape index (κ1) is 15.9. The molecule has 0 saturated carbocycles. The molecule has 0 aromatic carbocycles. The topological polar surface area (TPSA) is 74.6 Å². The summed E-state index contributed by atoms with van der Waals surface area (Å²) >= 11 is 0. The summed E-state index contributed by atoms with van der Waals surface area (Å²) in [5, 5.41) is 16.1. The van der Waals surface area contributed by atoms with Gasteiger partial charge < -0.3 is 10.2 Å². The number of carboxylic acids is 2. The van der Waals surface area contributed by atoms with Gasteiger partial charge in [0, 0.05) is 11.6 Å². The highest BCUT2D eigenvalue weighted by Crippen LogP contribution is 2.17. The third-order valence-electron chi connectivity index (χ3n) is 1.16. The molecule has 0 aliphatic heterocycles. The maximum absolute atomic E-state index is 10.3. The molecule has 0 amide bonds. The Hall–Kier alpha value is -1.58. The first-order valence-corrected chi connectivity index (χ1v) is 4.38.